The third-order valence-corrected chi connectivity index (χ3v) is 4.74. The van der Waals surface area contributed by atoms with Gasteiger partial charge in [0, 0.05) is 11.6 Å². The third kappa shape index (κ3) is 3.57. The molecule has 2 aromatic rings. The Morgan fingerprint density at radius 3 is 2.25 bits per heavy atom. The molecule has 3 amide bonds. The van der Waals surface area contributed by atoms with Gasteiger partial charge in [-0.05, 0) is 30.3 Å². The van der Waals surface area contributed by atoms with Gasteiger partial charge in [0.15, 0.2) is 0 Å². The molecule has 1 N–H and O–H groups in total. The van der Waals surface area contributed by atoms with Gasteiger partial charge >= 0.3 is 12.2 Å². The van der Waals surface area contributed by atoms with E-state index in [1.807, 2.05) is 5.32 Å². The molecule has 3 rings (SSSR count). The molecule has 0 aliphatic carbocycles. The maximum absolute atomic E-state index is 13.9. The normalized spacial score (nSPS) is 20.0. The number of carbonyl (C=O) groups excluding carboxylic acids is 2. The molecule has 0 saturated carbocycles. The second kappa shape index (κ2) is 7.44. The second-order valence-electron chi connectivity index (χ2n) is 6.56. The van der Waals surface area contributed by atoms with Gasteiger partial charge < -0.3 is 5.32 Å². The molecule has 0 aromatic heterocycles. The zero-order valence-corrected chi connectivity index (χ0v) is 15.6. The van der Waals surface area contributed by atoms with Crippen LogP contribution in [-0.2, 0) is 16.9 Å². The first kappa shape index (κ1) is 20.2. The van der Waals surface area contributed by atoms with E-state index in [1.165, 1.54) is 30.3 Å². The Balaban J connectivity index is 1.84. The molecule has 0 radical (unpaired) electrons. The Morgan fingerprint density at radius 2 is 1.68 bits per heavy atom. The summed E-state index contributed by atoms with van der Waals surface area (Å²) in [6.45, 7) is 0.0243. The van der Waals surface area contributed by atoms with Crippen molar-refractivity contribution in [1.82, 2.24) is 15.1 Å². The molecule has 1 aliphatic heterocycles. The van der Waals surface area contributed by atoms with Crippen LogP contribution < -0.4 is 5.32 Å². The molecule has 1 atom stereocenters. The zero-order valence-electron chi connectivity index (χ0n) is 14.8. The second-order valence-corrected chi connectivity index (χ2v) is 7.00. The van der Waals surface area contributed by atoms with Crippen LogP contribution in [0.1, 0.15) is 11.1 Å². The van der Waals surface area contributed by atoms with Crippen molar-refractivity contribution in [2.24, 2.45) is 0 Å². The number of urea groups is 1. The number of hydrogen-bond donors (Lipinski definition) is 1. The highest BCUT2D eigenvalue weighted by Crippen LogP contribution is 2.43. The summed E-state index contributed by atoms with van der Waals surface area (Å²) < 4.78 is 41.8. The first-order valence-electron chi connectivity index (χ1n) is 8.34. The first-order chi connectivity index (χ1) is 13.1. The molecule has 1 fully saturated rings. The van der Waals surface area contributed by atoms with Crippen molar-refractivity contribution in [1.29, 1.82) is 0 Å². The number of nitrogens with zero attached hydrogens (tertiary/aromatic N) is 2. The minimum Gasteiger partial charge on any atom is -0.312 e. The summed E-state index contributed by atoms with van der Waals surface area (Å²) in [7, 11) is 1.60. The SMILES string of the molecule is CN(Cc1ccc(Cl)cc1)CN1C(=O)NC(c2ccccc2)(C(F)(F)F)C1=O. The van der Waals surface area contributed by atoms with E-state index in [2.05, 4.69) is 0 Å². The maximum atomic E-state index is 13.9. The molecule has 5 nitrogen and oxygen atoms in total. The van der Waals surface area contributed by atoms with Gasteiger partial charge in [-0.3, -0.25) is 9.69 Å². The van der Waals surface area contributed by atoms with Gasteiger partial charge in [0.25, 0.3) is 5.91 Å². The van der Waals surface area contributed by atoms with E-state index in [-0.39, 0.29) is 12.2 Å². The lowest BCUT2D eigenvalue weighted by Gasteiger charge is -2.30. The van der Waals surface area contributed by atoms with Crippen molar-refractivity contribution >= 4 is 23.5 Å². The molecule has 0 bridgehead atoms. The van der Waals surface area contributed by atoms with Crippen LogP contribution in [0.5, 0.6) is 0 Å². The van der Waals surface area contributed by atoms with E-state index in [0.29, 0.717) is 16.5 Å². The average Bonchev–Trinajstić information content (AvgIpc) is 2.90. The molecule has 0 spiro atoms. The number of rotatable bonds is 5. The molecular formula is C19H17ClF3N3O2. The van der Waals surface area contributed by atoms with Crippen LogP contribution in [0, 0.1) is 0 Å². The Kier molecular flexibility index (Phi) is 5.36. The van der Waals surface area contributed by atoms with E-state index < -0.39 is 23.7 Å². The number of imide groups is 1. The average molecular weight is 412 g/mol. The van der Waals surface area contributed by atoms with E-state index in [1.54, 1.807) is 36.2 Å². The minimum atomic E-state index is -5.00. The molecular weight excluding hydrogens is 395 g/mol. The molecule has 1 aliphatic rings. The lowest BCUT2D eigenvalue weighted by molar-refractivity contribution is -0.198. The van der Waals surface area contributed by atoms with E-state index in [9.17, 15) is 22.8 Å². The number of amides is 3. The van der Waals surface area contributed by atoms with Crippen molar-refractivity contribution in [3.63, 3.8) is 0 Å². The highest BCUT2D eigenvalue weighted by molar-refractivity contribution is 6.30. The van der Waals surface area contributed by atoms with Gasteiger partial charge in [-0.25, -0.2) is 9.69 Å². The van der Waals surface area contributed by atoms with Crippen LogP contribution >= 0.6 is 11.6 Å². The molecule has 9 heteroatoms. The Hall–Kier alpha value is -2.58. The van der Waals surface area contributed by atoms with Crippen LogP contribution in [-0.4, -0.2) is 41.6 Å². The van der Waals surface area contributed by atoms with E-state index in [0.717, 1.165) is 5.56 Å². The predicted molar refractivity (Wildman–Crippen MR) is 97.3 cm³/mol. The van der Waals surface area contributed by atoms with Crippen LogP contribution in [0.25, 0.3) is 0 Å². The lowest BCUT2D eigenvalue weighted by atomic mass is 9.89. The van der Waals surface area contributed by atoms with Gasteiger partial charge in [0.05, 0.1) is 6.67 Å². The summed E-state index contributed by atoms with van der Waals surface area (Å²) in [5.41, 5.74) is -2.58. The fourth-order valence-electron chi connectivity index (χ4n) is 3.14. The van der Waals surface area contributed by atoms with Crippen LogP contribution in [0.2, 0.25) is 5.02 Å². The fourth-order valence-corrected chi connectivity index (χ4v) is 3.26. The minimum absolute atomic E-state index is 0.294. The monoisotopic (exact) mass is 411 g/mol. The summed E-state index contributed by atoms with van der Waals surface area (Å²) in [6.07, 6.45) is -5.00. The molecule has 1 saturated heterocycles. The van der Waals surface area contributed by atoms with Crippen molar-refractivity contribution in [2.75, 3.05) is 13.7 Å². The summed E-state index contributed by atoms with van der Waals surface area (Å²) >= 11 is 5.83. The molecule has 2 aromatic carbocycles. The topological polar surface area (TPSA) is 52.6 Å². The van der Waals surface area contributed by atoms with Crippen LogP contribution in [0.15, 0.2) is 54.6 Å². The van der Waals surface area contributed by atoms with Crippen molar-refractivity contribution in [2.45, 2.75) is 18.3 Å². The standard InChI is InChI=1S/C19H17ClF3N3O2/c1-25(11-13-7-9-15(20)10-8-13)12-26-16(27)18(19(21,22)23,24-17(26)28)14-5-3-2-4-6-14/h2-10H,11-12H2,1H3,(H,24,28). The van der Waals surface area contributed by atoms with E-state index >= 15 is 0 Å². The van der Waals surface area contributed by atoms with Gasteiger partial charge in [-0.15, -0.1) is 0 Å². The molecule has 28 heavy (non-hydrogen) atoms. The number of halogens is 4. The molecule has 1 unspecified atom stereocenters. The molecule has 148 valence electrons. The van der Waals surface area contributed by atoms with Crippen molar-refractivity contribution < 1.29 is 22.8 Å². The Bertz CT molecular complexity index is 874. The smallest absolute Gasteiger partial charge is 0.312 e. The Morgan fingerprint density at radius 1 is 1.07 bits per heavy atom. The largest absolute Gasteiger partial charge is 0.425 e. The summed E-state index contributed by atoms with van der Waals surface area (Å²) in [4.78, 5) is 27.2. The lowest BCUT2D eigenvalue weighted by Crippen LogP contribution is -2.56. The van der Waals surface area contributed by atoms with Crippen molar-refractivity contribution in [3.05, 3.63) is 70.7 Å². The highest BCUT2D eigenvalue weighted by atomic mass is 35.5. The van der Waals surface area contributed by atoms with Gasteiger partial charge in [0.1, 0.15) is 0 Å². The number of nitrogens with one attached hydrogen (secondary N) is 1. The van der Waals surface area contributed by atoms with Gasteiger partial charge in [-0.2, -0.15) is 13.2 Å². The molecule has 1 heterocycles. The van der Waals surface area contributed by atoms with Crippen LogP contribution in [0.3, 0.4) is 0 Å². The summed E-state index contributed by atoms with van der Waals surface area (Å²) in [5, 5.41) is 2.42. The van der Waals surface area contributed by atoms with Crippen molar-refractivity contribution in [3.8, 4) is 0 Å². The van der Waals surface area contributed by atoms with Crippen LogP contribution in [0.4, 0.5) is 18.0 Å². The highest BCUT2D eigenvalue weighted by Gasteiger charge is 2.68. The Labute approximate surface area is 164 Å². The number of alkyl halides is 3. The summed E-state index contributed by atoms with van der Waals surface area (Å²) in [6, 6.07) is 12.4. The summed E-state index contributed by atoms with van der Waals surface area (Å²) in [5.74, 6) is -1.35. The number of hydrogen-bond acceptors (Lipinski definition) is 3. The maximum Gasteiger partial charge on any atom is 0.425 e. The predicted octanol–water partition coefficient (Wildman–Crippen LogP) is 3.74. The zero-order chi connectivity index (χ0) is 20.5. The quantitative estimate of drug-likeness (QED) is 0.763. The third-order valence-electron chi connectivity index (χ3n) is 4.49. The van der Waals surface area contributed by atoms with Gasteiger partial charge in [-0.1, -0.05) is 54.1 Å². The first-order valence-corrected chi connectivity index (χ1v) is 8.72. The number of benzene rings is 2. The van der Waals surface area contributed by atoms with E-state index in [4.69, 9.17) is 11.6 Å². The van der Waals surface area contributed by atoms with Gasteiger partial charge in [0.2, 0.25) is 5.54 Å². The fraction of sp³-hybridized carbons (Fsp3) is 0.263. The number of carbonyl (C=O) groups is 2.